The standard InChI is InChI=1S/C14H18ClNO4S/c15-21(18,19)13-4-1-11(2-5-13)3-6-14(17)16-12-7-9-20-10-8-12/h1-2,4-5,12H,3,6-10H2,(H,16,17). The molecule has 116 valence electrons. The lowest BCUT2D eigenvalue weighted by atomic mass is 10.1. The zero-order valence-electron chi connectivity index (χ0n) is 11.5. The van der Waals surface area contributed by atoms with E-state index in [0.29, 0.717) is 26.1 Å². The number of nitrogens with one attached hydrogen (secondary N) is 1. The summed E-state index contributed by atoms with van der Waals surface area (Å²) in [6.07, 6.45) is 2.66. The summed E-state index contributed by atoms with van der Waals surface area (Å²) in [7, 11) is 1.56. The Bertz CT molecular complexity index is 579. The van der Waals surface area contributed by atoms with Gasteiger partial charge < -0.3 is 10.1 Å². The maximum absolute atomic E-state index is 11.8. The lowest BCUT2D eigenvalue weighted by molar-refractivity contribution is -0.122. The van der Waals surface area contributed by atoms with Gasteiger partial charge in [0.05, 0.1) is 4.90 Å². The van der Waals surface area contributed by atoms with E-state index in [1.54, 1.807) is 12.1 Å². The second kappa shape index (κ2) is 7.24. The van der Waals surface area contributed by atoms with Crippen molar-refractivity contribution in [3.63, 3.8) is 0 Å². The van der Waals surface area contributed by atoms with Crippen LogP contribution in [0.3, 0.4) is 0 Å². The Kier molecular flexibility index (Phi) is 5.61. The van der Waals surface area contributed by atoms with Crippen molar-refractivity contribution in [3.05, 3.63) is 29.8 Å². The highest BCUT2D eigenvalue weighted by molar-refractivity contribution is 8.13. The summed E-state index contributed by atoms with van der Waals surface area (Å²) in [6, 6.07) is 6.46. The van der Waals surface area contributed by atoms with Crippen LogP contribution in [0.15, 0.2) is 29.2 Å². The Balaban J connectivity index is 1.81. The molecule has 7 heteroatoms. The molecule has 0 aromatic heterocycles. The first-order chi connectivity index (χ1) is 9.95. The van der Waals surface area contributed by atoms with Gasteiger partial charge in [0.15, 0.2) is 0 Å². The number of carbonyl (C=O) groups is 1. The number of hydrogen-bond acceptors (Lipinski definition) is 4. The van der Waals surface area contributed by atoms with Gasteiger partial charge in [-0.1, -0.05) is 12.1 Å². The smallest absolute Gasteiger partial charge is 0.261 e. The van der Waals surface area contributed by atoms with Crippen molar-refractivity contribution in [2.75, 3.05) is 13.2 Å². The molecular weight excluding hydrogens is 314 g/mol. The molecule has 0 saturated carbocycles. The number of ether oxygens (including phenoxy) is 1. The predicted octanol–water partition coefficient (Wildman–Crippen LogP) is 1.84. The molecule has 21 heavy (non-hydrogen) atoms. The second-order valence-electron chi connectivity index (χ2n) is 5.04. The van der Waals surface area contributed by atoms with Gasteiger partial charge in [0.25, 0.3) is 9.05 Å². The van der Waals surface area contributed by atoms with Crippen LogP contribution in [-0.4, -0.2) is 33.6 Å². The van der Waals surface area contributed by atoms with Gasteiger partial charge >= 0.3 is 0 Å². The number of amides is 1. The SMILES string of the molecule is O=C(CCc1ccc(S(=O)(=O)Cl)cc1)NC1CCOCC1. The molecular formula is C14H18ClNO4S. The summed E-state index contributed by atoms with van der Waals surface area (Å²) in [6.45, 7) is 1.39. The fourth-order valence-electron chi connectivity index (χ4n) is 2.22. The van der Waals surface area contributed by atoms with Gasteiger partial charge in [0.2, 0.25) is 5.91 Å². The van der Waals surface area contributed by atoms with Crippen LogP contribution in [0.4, 0.5) is 0 Å². The molecule has 0 unspecified atom stereocenters. The Hall–Kier alpha value is -1.11. The van der Waals surface area contributed by atoms with Gasteiger partial charge in [-0.05, 0) is 37.0 Å². The van der Waals surface area contributed by atoms with E-state index in [4.69, 9.17) is 15.4 Å². The van der Waals surface area contributed by atoms with Gasteiger partial charge in [0.1, 0.15) is 0 Å². The lowest BCUT2D eigenvalue weighted by Crippen LogP contribution is -2.38. The van der Waals surface area contributed by atoms with Crippen LogP contribution in [-0.2, 0) is 25.0 Å². The molecule has 1 heterocycles. The Morgan fingerprint density at radius 2 is 1.86 bits per heavy atom. The largest absolute Gasteiger partial charge is 0.381 e. The van der Waals surface area contributed by atoms with Gasteiger partial charge in [-0.2, -0.15) is 0 Å². The van der Waals surface area contributed by atoms with Crippen molar-refractivity contribution >= 4 is 25.6 Å². The minimum absolute atomic E-state index is 0.0101. The molecule has 1 fully saturated rings. The van der Waals surface area contributed by atoms with E-state index in [1.807, 2.05) is 0 Å². The fourth-order valence-corrected chi connectivity index (χ4v) is 2.99. The third kappa shape index (κ3) is 5.30. The summed E-state index contributed by atoms with van der Waals surface area (Å²) < 4.78 is 27.5. The molecule has 1 aliphatic heterocycles. The fraction of sp³-hybridized carbons (Fsp3) is 0.500. The van der Waals surface area contributed by atoms with Crippen molar-refractivity contribution in [1.29, 1.82) is 0 Å². The highest BCUT2D eigenvalue weighted by Crippen LogP contribution is 2.16. The number of rotatable bonds is 5. The molecule has 2 rings (SSSR count). The van der Waals surface area contributed by atoms with Crippen LogP contribution in [0.2, 0.25) is 0 Å². The third-order valence-electron chi connectivity index (χ3n) is 3.43. The Morgan fingerprint density at radius 1 is 1.24 bits per heavy atom. The molecule has 1 aliphatic rings. The molecule has 0 radical (unpaired) electrons. The Labute approximate surface area is 129 Å². The van der Waals surface area contributed by atoms with E-state index < -0.39 is 9.05 Å². The molecule has 1 aromatic carbocycles. The first kappa shape index (κ1) is 16.3. The quantitative estimate of drug-likeness (QED) is 0.836. The first-order valence-electron chi connectivity index (χ1n) is 6.86. The van der Waals surface area contributed by atoms with E-state index in [0.717, 1.165) is 18.4 Å². The Morgan fingerprint density at radius 3 is 2.43 bits per heavy atom. The predicted molar refractivity (Wildman–Crippen MR) is 79.8 cm³/mol. The van der Waals surface area contributed by atoms with Crippen LogP contribution >= 0.6 is 10.7 Å². The number of aryl methyl sites for hydroxylation is 1. The van der Waals surface area contributed by atoms with Crippen LogP contribution in [0.25, 0.3) is 0 Å². The maximum atomic E-state index is 11.8. The number of carbonyl (C=O) groups excluding carboxylic acids is 1. The van der Waals surface area contributed by atoms with Gasteiger partial charge in [-0.15, -0.1) is 0 Å². The van der Waals surface area contributed by atoms with E-state index in [9.17, 15) is 13.2 Å². The topological polar surface area (TPSA) is 72.5 Å². The van der Waals surface area contributed by atoms with Crippen molar-refractivity contribution in [3.8, 4) is 0 Å². The van der Waals surface area contributed by atoms with Gasteiger partial charge in [-0.3, -0.25) is 4.79 Å². The van der Waals surface area contributed by atoms with Crippen molar-refractivity contribution in [2.24, 2.45) is 0 Å². The van der Waals surface area contributed by atoms with E-state index in [1.165, 1.54) is 12.1 Å². The molecule has 0 spiro atoms. The van der Waals surface area contributed by atoms with Gasteiger partial charge in [0, 0.05) is 36.4 Å². The van der Waals surface area contributed by atoms with Gasteiger partial charge in [-0.25, -0.2) is 8.42 Å². The third-order valence-corrected chi connectivity index (χ3v) is 4.80. The number of hydrogen-bond donors (Lipinski definition) is 1. The number of halogens is 1. The maximum Gasteiger partial charge on any atom is 0.261 e. The monoisotopic (exact) mass is 331 g/mol. The highest BCUT2D eigenvalue weighted by Gasteiger charge is 2.16. The van der Waals surface area contributed by atoms with Crippen LogP contribution < -0.4 is 5.32 Å². The van der Waals surface area contributed by atoms with Crippen molar-refractivity contribution < 1.29 is 17.9 Å². The van der Waals surface area contributed by atoms with E-state index in [2.05, 4.69) is 5.32 Å². The van der Waals surface area contributed by atoms with E-state index in [-0.39, 0.29) is 16.8 Å². The second-order valence-corrected chi connectivity index (χ2v) is 7.60. The first-order valence-corrected chi connectivity index (χ1v) is 9.17. The zero-order valence-corrected chi connectivity index (χ0v) is 13.1. The number of benzene rings is 1. The molecule has 1 amide bonds. The molecule has 5 nitrogen and oxygen atoms in total. The average molecular weight is 332 g/mol. The minimum Gasteiger partial charge on any atom is -0.381 e. The molecule has 1 N–H and O–H groups in total. The van der Waals surface area contributed by atoms with Crippen LogP contribution in [0.5, 0.6) is 0 Å². The van der Waals surface area contributed by atoms with Crippen LogP contribution in [0.1, 0.15) is 24.8 Å². The lowest BCUT2D eigenvalue weighted by Gasteiger charge is -2.23. The molecule has 1 saturated heterocycles. The van der Waals surface area contributed by atoms with Crippen molar-refractivity contribution in [1.82, 2.24) is 5.32 Å². The van der Waals surface area contributed by atoms with E-state index >= 15 is 0 Å². The molecule has 1 aromatic rings. The molecule has 0 bridgehead atoms. The highest BCUT2D eigenvalue weighted by atomic mass is 35.7. The summed E-state index contributed by atoms with van der Waals surface area (Å²) >= 11 is 0. The summed E-state index contributed by atoms with van der Waals surface area (Å²) in [5, 5.41) is 2.99. The summed E-state index contributed by atoms with van der Waals surface area (Å²) in [4.78, 5) is 11.9. The van der Waals surface area contributed by atoms with Crippen LogP contribution in [0, 0.1) is 0 Å². The summed E-state index contributed by atoms with van der Waals surface area (Å²) in [5.74, 6) is 0.0101. The molecule has 0 aliphatic carbocycles. The van der Waals surface area contributed by atoms with Crippen molar-refractivity contribution in [2.45, 2.75) is 36.6 Å². The molecule has 0 atom stereocenters. The normalized spacial score (nSPS) is 16.6. The summed E-state index contributed by atoms with van der Waals surface area (Å²) in [5.41, 5.74) is 0.904. The zero-order chi connectivity index (χ0) is 15.3. The average Bonchev–Trinajstić information content (AvgIpc) is 2.46. The minimum atomic E-state index is -3.69.